The summed E-state index contributed by atoms with van der Waals surface area (Å²) in [4.78, 5) is 15.1. The topological polar surface area (TPSA) is 79.5 Å². The molecule has 184 valence electrons. The second-order valence-electron chi connectivity index (χ2n) is 8.39. The normalized spacial score (nSPS) is 10.8. The monoisotopic (exact) mass is 474 g/mol. The summed E-state index contributed by atoms with van der Waals surface area (Å²) in [5, 5.41) is 12.8. The van der Waals surface area contributed by atoms with Crippen molar-refractivity contribution in [2.45, 2.75) is 40.8 Å². The summed E-state index contributed by atoms with van der Waals surface area (Å²) < 4.78 is 13.1. The zero-order valence-corrected chi connectivity index (χ0v) is 21.2. The molecule has 3 aromatic rings. The molecule has 0 aliphatic rings. The van der Waals surface area contributed by atoms with Crippen molar-refractivity contribution < 1.29 is 14.3 Å². The van der Waals surface area contributed by atoms with Crippen molar-refractivity contribution in [2.24, 2.45) is 0 Å². The molecule has 0 spiro atoms. The Morgan fingerprint density at radius 2 is 1.83 bits per heavy atom. The number of anilines is 1. The van der Waals surface area contributed by atoms with E-state index in [-0.39, 0.29) is 12.5 Å². The van der Waals surface area contributed by atoms with Gasteiger partial charge in [0.1, 0.15) is 11.9 Å². The van der Waals surface area contributed by atoms with Gasteiger partial charge in [0.05, 0.1) is 25.8 Å². The quantitative estimate of drug-likeness (QED) is 0.428. The van der Waals surface area contributed by atoms with E-state index >= 15 is 0 Å². The van der Waals surface area contributed by atoms with E-state index in [4.69, 9.17) is 9.47 Å². The third kappa shape index (κ3) is 6.23. The lowest BCUT2D eigenvalue weighted by molar-refractivity contribution is -0.117. The second kappa shape index (κ2) is 12.1. The number of carbonyl (C=O) groups is 1. The van der Waals surface area contributed by atoms with Gasteiger partial charge >= 0.3 is 0 Å². The molecule has 1 N–H and O–H groups in total. The van der Waals surface area contributed by atoms with Gasteiger partial charge in [-0.05, 0) is 56.1 Å². The number of hydrogen-bond donors (Lipinski definition) is 1. The van der Waals surface area contributed by atoms with Crippen LogP contribution in [0.1, 0.15) is 41.8 Å². The molecule has 0 aliphatic heterocycles. The third-order valence-corrected chi connectivity index (χ3v) is 6.13. The molecule has 1 amide bonds. The summed E-state index contributed by atoms with van der Waals surface area (Å²) in [6, 6.07) is 18.1. The molecular formula is C28H34N4O3. The Kier molecular flexibility index (Phi) is 8.93. The highest BCUT2D eigenvalue weighted by molar-refractivity contribution is 5.93. The van der Waals surface area contributed by atoms with Gasteiger partial charge in [-0.3, -0.25) is 9.69 Å². The van der Waals surface area contributed by atoms with Crippen molar-refractivity contribution >= 4 is 11.7 Å². The predicted molar refractivity (Wildman–Crippen MR) is 138 cm³/mol. The number of benzene rings is 2. The molecule has 0 fully saturated rings. The predicted octanol–water partition coefficient (Wildman–Crippen LogP) is 4.89. The number of ether oxygens (including phenoxy) is 2. The first-order chi connectivity index (χ1) is 16.9. The van der Waals surface area contributed by atoms with Crippen molar-refractivity contribution in [3.05, 3.63) is 76.5 Å². The van der Waals surface area contributed by atoms with E-state index in [9.17, 15) is 10.1 Å². The average Bonchev–Trinajstić information content (AvgIpc) is 3.08. The van der Waals surface area contributed by atoms with Crippen LogP contribution in [-0.2, 0) is 17.9 Å². The Morgan fingerprint density at radius 3 is 2.46 bits per heavy atom. The van der Waals surface area contributed by atoms with E-state index in [2.05, 4.69) is 11.4 Å². The molecule has 7 heteroatoms. The van der Waals surface area contributed by atoms with Crippen LogP contribution in [-0.4, -0.2) is 42.2 Å². The van der Waals surface area contributed by atoms with Crippen molar-refractivity contribution in [1.82, 2.24) is 9.47 Å². The largest absolute Gasteiger partial charge is 0.493 e. The number of nitriles is 1. The van der Waals surface area contributed by atoms with Crippen molar-refractivity contribution in [2.75, 3.05) is 32.1 Å². The van der Waals surface area contributed by atoms with Crippen LogP contribution >= 0.6 is 0 Å². The third-order valence-electron chi connectivity index (χ3n) is 6.13. The fourth-order valence-electron chi connectivity index (χ4n) is 4.09. The molecule has 0 saturated carbocycles. The Balaban J connectivity index is 1.77. The molecule has 7 nitrogen and oxygen atoms in total. The van der Waals surface area contributed by atoms with Gasteiger partial charge in [0.2, 0.25) is 5.91 Å². The molecule has 0 unspecified atom stereocenters. The van der Waals surface area contributed by atoms with Gasteiger partial charge in [0, 0.05) is 18.8 Å². The van der Waals surface area contributed by atoms with E-state index in [1.807, 2.05) is 85.7 Å². The minimum Gasteiger partial charge on any atom is -0.493 e. The van der Waals surface area contributed by atoms with Crippen molar-refractivity contribution in [3.63, 3.8) is 0 Å². The summed E-state index contributed by atoms with van der Waals surface area (Å²) in [5.74, 6) is 1.77. The molecule has 1 heterocycles. The molecule has 0 saturated heterocycles. The Labute approximate surface area is 207 Å². The zero-order chi connectivity index (χ0) is 25.4. The molecule has 35 heavy (non-hydrogen) atoms. The highest BCUT2D eigenvalue weighted by atomic mass is 16.5. The number of likely N-dealkylation sites (N-methyl/N-ethyl adjacent to an activating group) is 1. The van der Waals surface area contributed by atoms with Crippen LogP contribution in [0.2, 0.25) is 0 Å². The smallest absolute Gasteiger partial charge is 0.239 e. The molecule has 3 rings (SSSR count). The van der Waals surface area contributed by atoms with Crippen LogP contribution in [0.25, 0.3) is 0 Å². The van der Waals surface area contributed by atoms with Crippen LogP contribution < -0.4 is 14.8 Å². The highest BCUT2D eigenvalue weighted by Crippen LogP contribution is 2.29. The van der Waals surface area contributed by atoms with Gasteiger partial charge in [-0.2, -0.15) is 5.26 Å². The molecule has 0 radical (unpaired) electrons. The lowest BCUT2D eigenvalue weighted by Crippen LogP contribution is -2.33. The Hall–Kier alpha value is -3.76. The van der Waals surface area contributed by atoms with E-state index < -0.39 is 0 Å². The van der Waals surface area contributed by atoms with E-state index in [0.29, 0.717) is 49.1 Å². The second-order valence-corrected chi connectivity index (χ2v) is 8.39. The molecule has 0 aliphatic carbocycles. The number of methoxy groups -OCH3 is 1. The summed E-state index contributed by atoms with van der Waals surface area (Å²) in [6.07, 6.45) is 0. The van der Waals surface area contributed by atoms with Crippen LogP contribution in [0.3, 0.4) is 0 Å². The van der Waals surface area contributed by atoms with Crippen LogP contribution in [0.15, 0.2) is 48.5 Å². The van der Waals surface area contributed by atoms with E-state index in [1.54, 1.807) is 7.11 Å². The van der Waals surface area contributed by atoms with Gasteiger partial charge in [0.25, 0.3) is 0 Å². The minimum atomic E-state index is -0.159. The number of amides is 1. The Bertz CT molecular complexity index is 1200. The first kappa shape index (κ1) is 25.9. The van der Waals surface area contributed by atoms with E-state index in [1.165, 1.54) is 0 Å². The number of rotatable bonds is 11. The van der Waals surface area contributed by atoms with Gasteiger partial charge in [-0.1, -0.05) is 43.3 Å². The number of aromatic nitrogens is 1. The number of nitrogens with zero attached hydrogens (tertiary/aromatic N) is 3. The number of hydrogen-bond acceptors (Lipinski definition) is 5. The lowest BCUT2D eigenvalue weighted by Gasteiger charge is -2.21. The van der Waals surface area contributed by atoms with Crippen molar-refractivity contribution in [3.8, 4) is 17.6 Å². The fourth-order valence-corrected chi connectivity index (χ4v) is 4.09. The van der Waals surface area contributed by atoms with Gasteiger partial charge < -0.3 is 19.4 Å². The standard InChI is InChI=1S/C28H34N4O3/c1-6-31(17-23-13-14-25(35-7-2)26(15-23)34-5)19-27(33)30-28-24(16-29)20(3)21(4)32(28)18-22-11-9-8-10-12-22/h8-15H,6-7,17-19H2,1-5H3,(H,30,33). The first-order valence-electron chi connectivity index (χ1n) is 11.9. The molecular weight excluding hydrogens is 440 g/mol. The van der Waals surface area contributed by atoms with Gasteiger partial charge in [-0.15, -0.1) is 0 Å². The Morgan fingerprint density at radius 1 is 1.09 bits per heavy atom. The molecule has 1 aromatic heterocycles. The van der Waals surface area contributed by atoms with Crippen LogP contribution in [0, 0.1) is 25.2 Å². The van der Waals surface area contributed by atoms with Crippen molar-refractivity contribution in [1.29, 1.82) is 5.26 Å². The summed E-state index contributed by atoms with van der Waals surface area (Å²) in [5.41, 5.74) is 4.48. The molecule has 0 atom stereocenters. The van der Waals surface area contributed by atoms with Crippen LogP contribution in [0.5, 0.6) is 11.5 Å². The number of nitrogens with one attached hydrogen (secondary N) is 1. The van der Waals surface area contributed by atoms with Gasteiger partial charge in [-0.25, -0.2) is 0 Å². The maximum atomic E-state index is 13.1. The molecule has 2 aromatic carbocycles. The first-order valence-corrected chi connectivity index (χ1v) is 11.9. The zero-order valence-electron chi connectivity index (χ0n) is 21.2. The number of carbonyl (C=O) groups excluding carboxylic acids is 1. The van der Waals surface area contributed by atoms with Crippen LogP contribution in [0.4, 0.5) is 5.82 Å². The molecule has 0 bridgehead atoms. The SMILES string of the molecule is CCOc1ccc(CN(CC)CC(=O)Nc2c(C#N)c(C)c(C)n2Cc2ccccc2)cc1OC. The van der Waals surface area contributed by atoms with Gasteiger partial charge in [0.15, 0.2) is 11.5 Å². The highest BCUT2D eigenvalue weighted by Gasteiger charge is 2.21. The summed E-state index contributed by atoms with van der Waals surface area (Å²) in [7, 11) is 1.62. The van der Waals surface area contributed by atoms with E-state index in [0.717, 1.165) is 22.4 Å². The minimum absolute atomic E-state index is 0.159. The maximum Gasteiger partial charge on any atom is 0.239 e. The lowest BCUT2D eigenvalue weighted by atomic mass is 10.2. The fraction of sp³-hybridized carbons (Fsp3) is 0.357. The average molecular weight is 475 g/mol. The summed E-state index contributed by atoms with van der Waals surface area (Å²) >= 11 is 0. The maximum absolute atomic E-state index is 13.1. The summed E-state index contributed by atoms with van der Waals surface area (Å²) in [6.45, 7) is 10.5.